The second-order valence-electron chi connectivity index (χ2n) is 8.14. The number of nitrogen functional groups attached to an aromatic ring is 1. The highest BCUT2D eigenvalue weighted by molar-refractivity contribution is 6.31. The van der Waals surface area contributed by atoms with Gasteiger partial charge in [-0.25, -0.2) is 4.98 Å². The van der Waals surface area contributed by atoms with Crippen molar-refractivity contribution in [3.63, 3.8) is 0 Å². The van der Waals surface area contributed by atoms with E-state index in [1.165, 1.54) is 0 Å². The summed E-state index contributed by atoms with van der Waals surface area (Å²) in [6.45, 7) is 4.13. The van der Waals surface area contributed by atoms with E-state index < -0.39 is 0 Å². The number of hydrogen-bond acceptors (Lipinski definition) is 6. The number of nitrogens with two attached hydrogens (primary N) is 1. The van der Waals surface area contributed by atoms with Gasteiger partial charge in [0.2, 0.25) is 0 Å². The number of halogens is 1. The number of carbonyl (C=O) groups is 1. The summed E-state index contributed by atoms with van der Waals surface area (Å²) in [7, 11) is 0. The summed E-state index contributed by atoms with van der Waals surface area (Å²) in [5.74, 6) is 0.213. The molecule has 0 radical (unpaired) electrons. The minimum atomic E-state index is -0.243. The summed E-state index contributed by atoms with van der Waals surface area (Å²) in [6, 6.07) is 15.1. The van der Waals surface area contributed by atoms with Gasteiger partial charge in [-0.1, -0.05) is 17.7 Å². The maximum Gasteiger partial charge on any atom is 0.251 e. The molecule has 0 spiro atoms. The highest BCUT2D eigenvalue weighted by Crippen LogP contribution is 2.21. The predicted molar refractivity (Wildman–Crippen MR) is 132 cm³/mol. The quantitative estimate of drug-likeness (QED) is 0.429. The normalized spacial score (nSPS) is 10.8. The van der Waals surface area contributed by atoms with Crippen molar-refractivity contribution in [1.29, 1.82) is 5.26 Å². The molecule has 7 nitrogen and oxygen atoms in total. The average Bonchev–Trinajstić information content (AvgIpc) is 2.78. The van der Waals surface area contributed by atoms with Gasteiger partial charge >= 0.3 is 0 Å². The summed E-state index contributed by atoms with van der Waals surface area (Å²) in [5.41, 5.74) is 12.0. The van der Waals surface area contributed by atoms with Crippen LogP contribution in [0.4, 0.5) is 5.82 Å². The van der Waals surface area contributed by atoms with Crippen LogP contribution in [0.5, 0.6) is 0 Å². The fraction of sp³-hybridized carbons (Fsp3) is 0.192. The van der Waals surface area contributed by atoms with E-state index >= 15 is 0 Å². The SMILES string of the molecule is Cc1cc(N)nc(C)c1CNC(=O)c1cc(CC#N)nc(Cc2ccc3ncc(Cl)cc3c2)c1. The van der Waals surface area contributed by atoms with Gasteiger partial charge in [-0.15, -0.1) is 0 Å². The fourth-order valence-corrected chi connectivity index (χ4v) is 4.11. The second-order valence-corrected chi connectivity index (χ2v) is 8.58. The zero-order chi connectivity index (χ0) is 24.2. The Morgan fingerprint density at radius 3 is 2.68 bits per heavy atom. The van der Waals surface area contributed by atoms with E-state index in [4.69, 9.17) is 17.3 Å². The number of aryl methyl sites for hydroxylation is 2. The smallest absolute Gasteiger partial charge is 0.251 e. The lowest BCUT2D eigenvalue weighted by molar-refractivity contribution is 0.0950. The Morgan fingerprint density at radius 1 is 1.12 bits per heavy atom. The Balaban J connectivity index is 1.58. The maximum atomic E-state index is 13.0. The number of rotatable bonds is 6. The molecule has 3 N–H and O–H groups in total. The van der Waals surface area contributed by atoms with E-state index in [-0.39, 0.29) is 12.3 Å². The first-order valence-corrected chi connectivity index (χ1v) is 11.1. The topological polar surface area (TPSA) is 118 Å². The highest BCUT2D eigenvalue weighted by atomic mass is 35.5. The van der Waals surface area contributed by atoms with Crippen molar-refractivity contribution in [3.8, 4) is 6.07 Å². The standard InChI is InChI=1S/C26H23ClN6O/c1-15-7-25(29)32-16(2)23(15)14-31-26(34)19-11-21(5-6-28)33-22(12-19)9-17-3-4-24-18(8-17)10-20(27)13-30-24/h3-4,7-8,10-13H,5,9,14H2,1-2H3,(H2,29,32)(H,31,34). The highest BCUT2D eigenvalue weighted by Gasteiger charge is 2.13. The fourth-order valence-electron chi connectivity index (χ4n) is 3.94. The molecule has 0 saturated carbocycles. The van der Waals surface area contributed by atoms with E-state index in [2.05, 4.69) is 26.3 Å². The van der Waals surface area contributed by atoms with E-state index in [9.17, 15) is 10.1 Å². The summed E-state index contributed by atoms with van der Waals surface area (Å²) in [6.07, 6.45) is 2.23. The van der Waals surface area contributed by atoms with Crippen LogP contribution in [0.2, 0.25) is 5.02 Å². The van der Waals surface area contributed by atoms with E-state index in [1.807, 2.05) is 38.1 Å². The zero-order valence-corrected chi connectivity index (χ0v) is 19.6. The van der Waals surface area contributed by atoms with Gasteiger partial charge in [-0.3, -0.25) is 14.8 Å². The first-order valence-electron chi connectivity index (χ1n) is 10.7. The first-order chi connectivity index (χ1) is 16.3. The molecule has 1 aromatic carbocycles. The molecule has 1 amide bonds. The molecule has 4 aromatic rings. The monoisotopic (exact) mass is 470 g/mol. The summed E-state index contributed by atoms with van der Waals surface area (Å²) >= 11 is 6.08. The predicted octanol–water partition coefficient (Wildman–Crippen LogP) is 4.46. The van der Waals surface area contributed by atoms with Crippen LogP contribution in [0.3, 0.4) is 0 Å². The van der Waals surface area contributed by atoms with Gasteiger partial charge in [-0.2, -0.15) is 5.26 Å². The number of nitrogens with one attached hydrogen (secondary N) is 1. The number of anilines is 1. The molecule has 0 fully saturated rings. The molecule has 0 aliphatic rings. The van der Waals surface area contributed by atoms with Crippen molar-refractivity contribution >= 4 is 34.2 Å². The van der Waals surface area contributed by atoms with Gasteiger partial charge in [0.1, 0.15) is 5.82 Å². The molecule has 170 valence electrons. The number of carbonyl (C=O) groups excluding carboxylic acids is 1. The number of nitriles is 1. The Hall–Kier alpha value is -4.02. The minimum absolute atomic E-state index is 0.117. The van der Waals surface area contributed by atoms with Crippen LogP contribution < -0.4 is 11.1 Å². The van der Waals surface area contributed by atoms with E-state index in [1.54, 1.807) is 24.4 Å². The lowest BCUT2D eigenvalue weighted by Crippen LogP contribution is -2.24. The number of amides is 1. The third-order valence-corrected chi connectivity index (χ3v) is 5.76. The largest absolute Gasteiger partial charge is 0.384 e. The molecule has 0 bridgehead atoms. The molecule has 0 atom stereocenters. The van der Waals surface area contributed by atoms with Gasteiger partial charge in [0, 0.05) is 41.5 Å². The summed E-state index contributed by atoms with van der Waals surface area (Å²) < 4.78 is 0. The van der Waals surface area contributed by atoms with Gasteiger partial charge in [0.25, 0.3) is 5.91 Å². The Kier molecular flexibility index (Phi) is 6.71. The van der Waals surface area contributed by atoms with Gasteiger partial charge in [0.15, 0.2) is 0 Å². The van der Waals surface area contributed by atoms with Crippen molar-refractivity contribution in [2.24, 2.45) is 0 Å². The maximum absolute atomic E-state index is 13.0. The van der Waals surface area contributed by atoms with Crippen molar-refractivity contribution in [3.05, 3.63) is 93.0 Å². The molecule has 0 aliphatic heterocycles. The third-order valence-electron chi connectivity index (χ3n) is 5.55. The average molecular weight is 471 g/mol. The minimum Gasteiger partial charge on any atom is -0.384 e. The number of fused-ring (bicyclic) bond motifs is 1. The first kappa shape index (κ1) is 23.1. The second kappa shape index (κ2) is 9.86. The number of nitrogens with zero attached hydrogens (tertiary/aromatic N) is 4. The number of hydrogen-bond donors (Lipinski definition) is 2. The zero-order valence-electron chi connectivity index (χ0n) is 18.9. The van der Waals surface area contributed by atoms with E-state index in [0.29, 0.717) is 40.8 Å². The van der Waals surface area contributed by atoms with Crippen molar-refractivity contribution < 1.29 is 4.79 Å². The van der Waals surface area contributed by atoms with Crippen LogP contribution in [0.1, 0.15) is 44.1 Å². The molecule has 8 heteroatoms. The van der Waals surface area contributed by atoms with Crippen LogP contribution in [0.15, 0.2) is 48.7 Å². The lowest BCUT2D eigenvalue weighted by atomic mass is 10.0. The van der Waals surface area contributed by atoms with Crippen molar-refractivity contribution in [2.75, 3.05) is 5.73 Å². The summed E-state index contributed by atoms with van der Waals surface area (Å²) in [4.78, 5) is 26.2. The molecule has 0 saturated heterocycles. The van der Waals surface area contributed by atoms with Gasteiger partial charge in [-0.05, 0) is 66.9 Å². The Labute approximate surface area is 202 Å². The Morgan fingerprint density at radius 2 is 1.91 bits per heavy atom. The molecule has 34 heavy (non-hydrogen) atoms. The van der Waals surface area contributed by atoms with Crippen LogP contribution >= 0.6 is 11.6 Å². The molecule has 3 aromatic heterocycles. The number of aromatic nitrogens is 3. The molecule has 0 aliphatic carbocycles. The molecule has 0 unspecified atom stereocenters. The van der Waals surface area contributed by atoms with Crippen LogP contribution in [-0.2, 0) is 19.4 Å². The third kappa shape index (κ3) is 5.30. The number of benzene rings is 1. The van der Waals surface area contributed by atoms with Crippen LogP contribution in [0.25, 0.3) is 10.9 Å². The Bertz CT molecular complexity index is 1420. The molecule has 3 heterocycles. The molecular formula is C26H23ClN6O. The van der Waals surface area contributed by atoms with Crippen molar-refractivity contribution in [2.45, 2.75) is 33.2 Å². The molecular weight excluding hydrogens is 448 g/mol. The number of pyridine rings is 3. The lowest BCUT2D eigenvalue weighted by Gasteiger charge is -2.12. The van der Waals surface area contributed by atoms with Gasteiger partial charge < -0.3 is 11.1 Å². The van der Waals surface area contributed by atoms with Gasteiger partial charge in [0.05, 0.1) is 28.7 Å². The van der Waals surface area contributed by atoms with Crippen LogP contribution in [0, 0.1) is 25.2 Å². The molecule has 4 rings (SSSR count). The van der Waals surface area contributed by atoms with E-state index in [0.717, 1.165) is 33.3 Å². The summed E-state index contributed by atoms with van der Waals surface area (Å²) in [5, 5.41) is 13.6. The van der Waals surface area contributed by atoms with Crippen LogP contribution in [-0.4, -0.2) is 20.9 Å². The van der Waals surface area contributed by atoms with Crippen molar-refractivity contribution in [1.82, 2.24) is 20.3 Å².